The van der Waals surface area contributed by atoms with Gasteiger partial charge in [0.2, 0.25) is 0 Å². The molecule has 2 N–H and O–H groups in total. The Hall–Kier alpha value is -1.35. The summed E-state index contributed by atoms with van der Waals surface area (Å²) in [6.07, 6.45) is 2.99. The molecular formula is C11H12FNO. The molecule has 1 aromatic heterocycles. The molecule has 0 fully saturated rings. The lowest BCUT2D eigenvalue weighted by Gasteiger charge is -2.02. The standard InChI is InChI=1S/C11H12FNO/c12-11-8(2-1-6-13)3-4-10-9(11)5-7-14-10/h3-5,7H,1-2,6,13H2. The summed E-state index contributed by atoms with van der Waals surface area (Å²) in [5, 5.41) is 0.555. The van der Waals surface area contributed by atoms with E-state index >= 15 is 0 Å². The van der Waals surface area contributed by atoms with Gasteiger partial charge < -0.3 is 10.2 Å². The summed E-state index contributed by atoms with van der Waals surface area (Å²) in [5.74, 6) is -0.176. The van der Waals surface area contributed by atoms with Gasteiger partial charge in [-0.15, -0.1) is 0 Å². The largest absolute Gasteiger partial charge is 0.464 e. The number of rotatable bonds is 3. The van der Waals surface area contributed by atoms with Crippen molar-refractivity contribution in [1.29, 1.82) is 0 Å². The first-order valence-corrected chi connectivity index (χ1v) is 4.67. The third-order valence-corrected chi connectivity index (χ3v) is 2.30. The number of halogens is 1. The van der Waals surface area contributed by atoms with Crippen LogP contribution in [0.25, 0.3) is 11.0 Å². The molecule has 3 heteroatoms. The van der Waals surface area contributed by atoms with Gasteiger partial charge in [0.25, 0.3) is 0 Å². The molecule has 0 aliphatic rings. The molecule has 0 spiro atoms. The molecule has 0 bridgehead atoms. The van der Waals surface area contributed by atoms with Crippen LogP contribution in [0.4, 0.5) is 4.39 Å². The summed E-state index contributed by atoms with van der Waals surface area (Å²) in [4.78, 5) is 0. The van der Waals surface area contributed by atoms with Crippen LogP contribution in [0, 0.1) is 5.82 Å². The number of fused-ring (bicyclic) bond motifs is 1. The average Bonchev–Trinajstić information content (AvgIpc) is 2.66. The summed E-state index contributed by atoms with van der Waals surface area (Å²) < 4.78 is 18.8. The van der Waals surface area contributed by atoms with Crippen LogP contribution in [0.1, 0.15) is 12.0 Å². The quantitative estimate of drug-likeness (QED) is 0.813. The fraction of sp³-hybridized carbons (Fsp3) is 0.273. The van der Waals surface area contributed by atoms with Crippen molar-refractivity contribution in [1.82, 2.24) is 0 Å². The lowest BCUT2D eigenvalue weighted by Crippen LogP contribution is -2.01. The Bertz CT molecular complexity index is 436. The van der Waals surface area contributed by atoms with Crippen LogP contribution >= 0.6 is 0 Å². The molecule has 1 heterocycles. The minimum atomic E-state index is -0.176. The molecule has 0 unspecified atom stereocenters. The lowest BCUT2D eigenvalue weighted by molar-refractivity contribution is 0.603. The van der Waals surface area contributed by atoms with Gasteiger partial charge in [-0.1, -0.05) is 6.07 Å². The number of hydrogen-bond donors (Lipinski definition) is 1. The van der Waals surface area contributed by atoms with Gasteiger partial charge in [0.1, 0.15) is 11.4 Å². The number of aryl methyl sites for hydroxylation is 1. The third kappa shape index (κ3) is 1.51. The second-order valence-electron chi connectivity index (χ2n) is 3.26. The minimum Gasteiger partial charge on any atom is -0.464 e. The van der Waals surface area contributed by atoms with Gasteiger partial charge in [0.15, 0.2) is 0 Å². The van der Waals surface area contributed by atoms with Gasteiger partial charge in [-0.2, -0.15) is 0 Å². The van der Waals surface area contributed by atoms with E-state index in [0.29, 0.717) is 29.5 Å². The van der Waals surface area contributed by atoms with E-state index < -0.39 is 0 Å². The molecule has 0 aliphatic heterocycles. The van der Waals surface area contributed by atoms with E-state index in [1.807, 2.05) is 0 Å². The highest BCUT2D eigenvalue weighted by Crippen LogP contribution is 2.22. The Morgan fingerprint density at radius 2 is 2.14 bits per heavy atom. The summed E-state index contributed by atoms with van der Waals surface area (Å²) in [6.45, 7) is 0.586. The Balaban J connectivity index is 2.40. The fourth-order valence-electron chi connectivity index (χ4n) is 1.54. The van der Waals surface area contributed by atoms with Crippen LogP contribution < -0.4 is 5.73 Å². The highest BCUT2D eigenvalue weighted by atomic mass is 19.1. The first-order valence-electron chi connectivity index (χ1n) is 4.67. The van der Waals surface area contributed by atoms with Crippen molar-refractivity contribution < 1.29 is 8.81 Å². The second kappa shape index (κ2) is 3.80. The Labute approximate surface area is 81.5 Å². The number of nitrogens with two attached hydrogens (primary N) is 1. The summed E-state index contributed by atoms with van der Waals surface area (Å²) in [5.41, 5.74) is 6.69. The van der Waals surface area contributed by atoms with E-state index in [2.05, 4.69) is 0 Å². The van der Waals surface area contributed by atoms with Crippen molar-refractivity contribution in [2.45, 2.75) is 12.8 Å². The number of benzene rings is 1. The molecule has 2 aromatic rings. The van der Waals surface area contributed by atoms with Crippen LogP contribution in [0.5, 0.6) is 0 Å². The zero-order valence-electron chi connectivity index (χ0n) is 7.79. The van der Waals surface area contributed by atoms with Crippen LogP contribution in [-0.4, -0.2) is 6.54 Å². The molecule has 14 heavy (non-hydrogen) atoms. The Morgan fingerprint density at radius 1 is 1.29 bits per heavy atom. The molecule has 74 valence electrons. The van der Waals surface area contributed by atoms with Crippen LogP contribution in [-0.2, 0) is 6.42 Å². The van der Waals surface area contributed by atoms with Crippen LogP contribution in [0.2, 0.25) is 0 Å². The topological polar surface area (TPSA) is 39.2 Å². The van der Waals surface area contributed by atoms with Crippen molar-refractivity contribution in [3.63, 3.8) is 0 Å². The molecule has 0 saturated carbocycles. The summed E-state index contributed by atoms with van der Waals surface area (Å²) in [6, 6.07) is 5.21. The number of hydrogen-bond acceptors (Lipinski definition) is 2. The van der Waals surface area contributed by atoms with E-state index in [1.165, 1.54) is 6.26 Å². The molecule has 0 atom stereocenters. The van der Waals surface area contributed by atoms with Crippen molar-refractivity contribution in [2.75, 3.05) is 6.54 Å². The van der Waals surface area contributed by atoms with Gasteiger partial charge >= 0.3 is 0 Å². The van der Waals surface area contributed by atoms with Gasteiger partial charge in [-0.05, 0) is 37.1 Å². The smallest absolute Gasteiger partial charge is 0.137 e. The molecule has 0 radical (unpaired) electrons. The first kappa shape index (κ1) is 9.21. The predicted molar refractivity (Wildman–Crippen MR) is 53.5 cm³/mol. The van der Waals surface area contributed by atoms with Crippen molar-refractivity contribution in [2.24, 2.45) is 5.73 Å². The first-order chi connectivity index (χ1) is 6.83. The van der Waals surface area contributed by atoms with E-state index in [9.17, 15) is 4.39 Å². The van der Waals surface area contributed by atoms with Crippen LogP contribution in [0.15, 0.2) is 28.9 Å². The lowest BCUT2D eigenvalue weighted by atomic mass is 10.1. The zero-order valence-corrected chi connectivity index (χ0v) is 7.79. The van der Waals surface area contributed by atoms with E-state index in [0.717, 1.165) is 6.42 Å². The molecule has 2 nitrogen and oxygen atoms in total. The average molecular weight is 193 g/mol. The normalized spacial score (nSPS) is 11.0. The highest BCUT2D eigenvalue weighted by molar-refractivity contribution is 5.78. The SMILES string of the molecule is NCCCc1ccc2occc2c1F. The maximum absolute atomic E-state index is 13.7. The van der Waals surface area contributed by atoms with E-state index in [-0.39, 0.29) is 5.82 Å². The third-order valence-electron chi connectivity index (χ3n) is 2.30. The second-order valence-corrected chi connectivity index (χ2v) is 3.26. The predicted octanol–water partition coefficient (Wildman–Crippen LogP) is 2.46. The van der Waals surface area contributed by atoms with Gasteiger partial charge in [-0.3, -0.25) is 0 Å². The minimum absolute atomic E-state index is 0.176. The van der Waals surface area contributed by atoms with Gasteiger partial charge in [0, 0.05) is 0 Å². The summed E-state index contributed by atoms with van der Waals surface area (Å²) >= 11 is 0. The maximum Gasteiger partial charge on any atom is 0.137 e. The zero-order chi connectivity index (χ0) is 9.97. The van der Waals surface area contributed by atoms with Gasteiger partial charge in [-0.25, -0.2) is 4.39 Å². The van der Waals surface area contributed by atoms with E-state index in [4.69, 9.17) is 10.2 Å². The highest BCUT2D eigenvalue weighted by Gasteiger charge is 2.08. The van der Waals surface area contributed by atoms with Crippen molar-refractivity contribution >= 4 is 11.0 Å². The Morgan fingerprint density at radius 3 is 2.93 bits per heavy atom. The molecule has 2 rings (SSSR count). The summed E-state index contributed by atoms with van der Waals surface area (Å²) in [7, 11) is 0. The molecule has 0 amide bonds. The van der Waals surface area contributed by atoms with Crippen LogP contribution in [0.3, 0.4) is 0 Å². The monoisotopic (exact) mass is 193 g/mol. The van der Waals surface area contributed by atoms with Gasteiger partial charge in [0.05, 0.1) is 11.6 Å². The molecular weight excluding hydrogens is 181 g/mol. The molecule has 0 saturated heterocycles. The molecule has 0 aliphatic carbocycles. The van der Waals surface area contributed by atoms with Crippen molar-refractivity contribution in [3.8, 4) is 0 Å². The Kier molecular flexibility index (Phi) is 2.50. The van der Waals surface area contributed by atoms with Crippen molar-refractivity contribution in [3.05, 3.63) is 35.8 Å². The molecule has 1 aromatic carbocycles. The maximum atomic E-state index is 13.7. The van der Waals surface area contributed by atoms with E-state index in [1.54, 1.807) is 18.2 Å². The fourth-order valence-corrected chi connectivity index (χ4v) is 1.54. The number of furan rings is 1.